The molecule has 0 saturated heterocycles. The molecule has 0 radical (unpaired) electrons. The van der Waals surface area contributed by atoms with Crippen molar-refractivity contribution >= 4 is 27.6 Å². The lowest BCUT2D eigenvalue weighted by Crippen LogP contribution is -2.31. The molecule has 2 aromatic carbocycles. The first-order valence-corrected chi connectivity index (χ1v) is 9.02. The van der Waals surface area contributed by atoms with Crippen molar-refractivity contribution in [3.05, 3.63) is 59.4 Å². The van der Waals surface area contributed by atoms with Gasteiger partial charge in [0.1, 0.15) is 31.3 Å². The molecule has 134 valence electrons. The van der Waals surface area contributed by atoms with Crippen LogP contribution in [-0.4, -0.2) is 34.1 Å². The van der Waals surface area contributed by atoms with Gasteiger partial charge in [-0.2, -0.15) is 4.72 Å². The van der Waals surface area contributed by atoms with E-state index in [0.717, 1.165) is 24.3 Å². The predicted molar refractivity (Wildman–Crippen MR) is 89.5 cm³/mol. The molecule has 0 bridgehead atoms. The van der Waals surface area contributed by atoms with Crippen LogP contribution in [0.25, 0.3) is 0 Å². The minimum absolute atomic E-state index is 0.0419. The first-order chi connectivity index (χ1) is 11.9. The normalized spacial score (nSPS) is 11.1. The number of hydrogen-bond donors (Lipinski definition) is 1. The van der Waals surface area contributed by atoms with Crippen molar-refractivity contribution in [2.24, 2.45) is 0 Å². The third-order valence-electron chi connectivity index (χ3n) is 2.96. The molecule has 0 heterocycles. The number of benzene rings is 2. The fraction of sp³-hybridized carbons (Fsp3) is 0.188. The van der Waals surface area contributed by atoms with E-state index in [0.29, 0.717) is 10.8 Å². The van der Waals surface area contributed by atoms with Crippen LogP contribution in [0.1, 0.15) is 0 Å². The molecular formula is C16H15ClFNO5S. The molecule has 0 aliphatic heterocycles. The number of sulfonamides is 1. The zero-order valence-corrected chi connectivity index (χ0v) is 14.5. The monoisotopic (exact) mass is 387 g/mol. The largest absolute Gasteiger partial charge is 0.490 e. The maximum atomic E-state index is 12.8. The topological polar surface area (TPSA) is 81.7 Å². The second-order valence-corrected chi connectivity index (χ2v) is 7.00. The van der Waals surface area contributed by atoms with Crippen LogP contribution in [0.3, 0.4) is 0 Å². The number of esters is 1. The van der Waals surface area contributed by atoms with E-state index in [1.807, 2.05) is 0 Å². The first-order valence-electron chi connectivity index (χ1n) is 7.16. The van der Waals surface area contributed by atoms with Gasteiger partial charge in [0, 0.05) is 5.02 Å². The third kappa shape index (κ3) is 6.33. The molecule has 0 saturated carbocycles. The molecule has 0 aromatic heterocycles. The Morgan fingerprint density at radius 2 is 1.68 bits per heavy atom. The molecule has 0 amide bonds. The standard InChI is InChI=1S/C16H15ClFNO5S/c17-12-1-5-14(6-2-12)23-9-10-24-16(20)11-19-25(21,22)15-7-3-13(18)4-8-15/h1-8,19H,9-11H2. The van der Waals surface area contributed by atoms with Crippen LogP contribution in [0, 0.1) is 5.82 Å². The lowest BCUT2D eigenvalue weighted by atomic mass is 10.3. The maximum Gasteiger partial charge on any atom is 0.321 e. The number of ether oxygens (including phenoxy) is 2. The number of rotatable bonds is 8. The minimum Gasteiger partial charge on any atom is -0.490 e. The highest BCUT2D eigenvalue weighted by Gasteiger charge is 2.16. The van der Waals surface area contributed by atoms with Crippen LogP contribution < -0.4 is 9.46 Å². The Kier molecular flexibility index (Phi) is 6.74. The number of carbonyl (C=O) groups is 1. The highest BCUT2D eigenvalue weighted by Crippen LogP contribution is 2.15. The fourth-order valence-corrected chi connectivity index (χ4v) is 2.84. The number of carbonyl (C=O) groups excluding carboxylic acids is 1. The van der Waals surface area contributed by atoms with E-state index in [2.05, 4.69) is 4.72 Å². The number of halogens is 2. The summed E-state index contributed by atoms with van der Waals surface area (Å²) in [5.74, 6) is -0.748. The maximum absolute atomic E-state index is 12.8. The van der Waals surface area contributed by atoms with Gasteiger partial charge in [0.15, 0.2) is 0 Å². The zero-order valence-electron chi connectivity index (χ0n) is 12.9. The van der Waals surface area contributed by atoms with E-state index < -0.39 is 28.4 Å². The molecule has 0 aliphatic rings. The summed E-state index contributed by atoms with van der Waals surface area (Å²) in [7, 11) is -3.91. The summed E-state index contributed by atoms with van der Waals surface area (Å²) < 4.78 is 48.9. The van der Waals surface area contributed by atoms with Gasteiger partial charge in [-0.05, 0) is 48.5 Å². The summed E-state index contributed by atoms with van der Waals surface area (Å²) in [6, 6.07) is 10.9. The second-order valence-electron chi connectivity index (χ2n) is 4.80. The van der Waals surface area contributed by atoms with Crippen molar-refractivity contribution in [1.29, 1.82) is 0 Å². The Hall–Kier alpha value is -2.16. The molecule has 0 spiro atoms. The average molecular weight is 388 g/mol. The lowest BCUT2D eigenvalue weighted by molar-refractivity contribution is -0.142. The Morgan fingerprint density at radius 3 is 2.32 bits per heavy atom. The first kappa shape index (κ1) is 19.2. The molecule has 0 unspecified atom stereocenters. The van der Waals surface area contributed by atoms with E-state index in [1.54, 1.807) is 24.3 Å². The van der Waals surface area contributed by atoms with Gasteiger partial charge >= 0.3 is 5.97 Å². The third-order valence-corrected chi connectivity index (χ3v) is 4.63. The van der Waals surface area contributed by atoms with Crippen molar-refractivity contribution in [1.82, 2.24) is 4.72 Å². The van der Waals surface area contributed by atoms with Gasteiger partial charge in [-0.3, -0.25) is 4.79 Å². The Labute approximate surface area is 149 Å². The molecule has 0 atom stereocenters. The quantitative estimate of drug-likeness (QED) is 0.555. The molecule has 9 heteroatoms. The van der Waals surface area contributed by atoms with Crippen LogP contribution in [0.4, 0.5) is 4.39 Å². The van der Waals surface area contributed by atoms with Crippen LogP contribution in [0.2, 0.25) is 5.02 Å². The summed E-state index contributed by atoms with van der Waals surface area (Å²) >= 11 is 5.74. The molecule has 25 heavy (non-hydrogen) atoms. The summed E-state index contributed by atoms with van der Waals surface area (Å²) in [6.07, 6.45) is 0. The summed E-state index contributed by atoms with van der Waals surface area (Å²) in [5, 5.41) is 0.576. The van der Waals surface area contributed by atoms with Gasteiger partial charge in [-0.1, -0.05) is 11.6 Å². The predicted octanol–water partition coefficient (Wildman–Crippen LogP) is 2.38. The van der Waals surface area contributed by atoms with E-state index in [4.69, 9.17) is 21.1 Å². The molecule has 6 nitrogen and oxygen atoms in total. The molecule has 0 aliphatic carbocycles. The molecule has 2 rings (SSSR count). The Morgan fingerprint density at radius 1 is 1.04 bits per heavy atom. The van der Waals surface area contributed by atoms with Crippen LogP contribution in [0.15, 0.2) is 53.4 Å². The number of nitrogens with one attached hydrogen (secondary N) is 1. The number of hydrogen-bond acceptors (Lipinski definition) is 5. The van der Waals surface area contributed by atoms with E-state index in [-0.39, 0.29) is 18.1 Å². The Bertz CT molecular complexity index is 809. The highest BCUT2D eigenvalue weighted by molar-refractivity contribution is 7.89. The molecule has 2 aromatic rings. The molecular weight excluding hydrogens is 373 g/mol. The van der Waals surface area contributed by atoms with Gasteiger partial charge in [0.25, 0.3) is 0 Å². The van der Waals surface area contributed by atoms with E-state index in [9.17, 15) is 17.6 Å². The van der Waals surface area contributed by atoms with E-state index >= 15 is 0 Å². The van der Waals surface area contributed by atoms with E-state index in [1.165, 1.54) is 0 Å². The van der Waals surface area contributed by atoms with Crippen molar-refractivity contribution in [2.75, 3.05) is 19.8 Å². The van der Waals surface area contributed by atoms with Gasteiger partial charge in [0.05, 0.1) is 4.90 Å². The summed E-state index contributed by atoms with van der Waals surface area (Å²) in [4.78, 5) is 11.4. The van der Waals surface area contributed by atoms with Gasteiger partial charge < -0.3 is 9.47 Å². The van der Waals surface area contributed by atoms with Crippen molar-refractivity contribution < 1.29 is 27.1 Å². The lowest BCUT2D eigenvalue weighted by Gasteiger charge is -2.09. The molecule has 1 N–H and O–H groups in total. The summed E-state index contributed by atoms with van der Waals surface area (Å²) in [6.45, 7) is -0.474. The summed E-state index contributed by atoms with van der Waals surface area (Å²) in [5.41, 5.74) is 0. The highest BCUT2D eigenvalue weighted by atomic mass is 35.5. The minimum atomic E-state index is -3.91. The van der Waals surface area contributed by atoms with Crippen molar-refractivity contribution in [2.45, 2.75) is 4.90 Å². The smallest absolute Gasteiger partial charge is 0.321 e. The van der Waals surface area contributed by atoms with Gasteiger partial charge in [0.2, 0.25) is 10.0 Å². The average Bonchev–Trinajstić information content (AvgIpc) is 2.59. The zero-order chi connectivity index (χ0) is 18.3. The van der Waals surface area contributed by atoms with Gasteiger partial charge in [-0.15, -0.1) is 0 Å². The van der Waals surface area contributed by atoms with Crippen LogP contribution in [-0.2, 0) is 19.6 Å². The van der Waals surface area contributed by atoms with Crippen molar-refractivity contribution in [3.63, 3.8) is 0 Å². The molecule has 0 fully saturated rings. The van der Waals surface area contributed by atoms with Crippen LogP contribution in [0.5, 0.6) is 5.75 Å². The van der Waals surface area contributed by atoms with Crippen LogP contribution >= 0.6 is 11.6 Å². The fourth-order valence-electron chi connectivity index (χ4n) is 1.75. The SMILES string of the molecule is O=C(CNS(=O)(=O)c1ccc(F)cc1)OCCOc1ccc(Cl)cc1. The van der Waals surface area contributed by atoms with Gasteiger partial charge in [-0.25, -0.2) is 12.8 Å². The van der Waals surface area contributed by atoms with Crippen molar-refractivity contribution in [3.8, 4) is 5.75 Å². The Balaban J connectivity index is 1.71. The second kappa shape index (κ2) is 8.80.